The number of rotatable bonds is 5. The number of carbonyl (C=O) groups is 1. The van der Waals surface area contributed by atoms with Crippen molar-refractivity contribution >= 4 is 28.9 Å². The topological polar surface area (TPSA) is 107 Å². The standard InChI is InChI=1S/C13H16ClN3O4/c1-21-13(3-2-4-13)7-16-12(18)9-5-8(17(19)20)6-10(14)11(9)15/h5-6H,2-4,7,15H2,1H3,(H,16,18). The number of hydrogen-bond acceptors (Lipinski definition) is 5. The van der Waals surface area contributed by atoms with E-state index < -0.39 is 10.8 Å². The molecule has 7 nitrogen and oxygen atoms in total. The van der Waals surface area contributed by atoms with E-state index in [2.05, 4.69) is 5.32 Å². The summed E-state index contributed by atoms with van der Waals surface area (Å²) < 4.78 is 5.40. The van der Waals surface area contributed by atoms with Crippen molar-refractivity contribution in [2.75, 3.05) is 19.4 Å². The third-order valence-electron chi connectivity index (χ3n) is 3.84. The maximum atomic E-state index is 12.2. The van der Waals surface area contributed by atoms with Gasteiger partial charge in [0.05, 0.1) is 26.8 Å². The minimum atomic E-state index is -0.620. The average molecular weight is 314 g/mol. The molecular weight excluding hydrogens is 298 g/mol. The summed E-state index contributed by atoms with van der Waals surface area (Å²) in [6, 6.07) is 2.24. The molecule has 1 aliphatic rings. The molecule has 0 unspecified atom stereocenters. The first-order valence-corrected chi connectivity index (χ1v) is 6.83. The number of methoxy groups -OCH3 is 1. The summed E-state index contributed by atoms with van der Waals surface area (Å²) in [6.07, 6.45) is 2.79. The van der Waals surface area contributed by atoms with Gasteiger partial charge in [-0.25, -0.2) is 0 Å². The van der Waals surface area contributed by atoms with Gasteiger partial charge < -0.3 is 15.8 Å². The van der Waals surface area contributed by atoms with Gasteiger partial charge in [0.15, 0.2) is 0 Å². The lowest BCUT2D eigenvalue weighted by molar-refractivity contribution is -0.384. The highest BCUT2D eigenvalue weighted by molar-refractivity contribution is 6.34. The summed E-state index contributed by atoms with van der Waals surface area (Å²) in [7, 11) is 1.60. The van der Waals surface area contributed by atoms with E-state index >= 15 is 0 Å². The zero-order chi connectivity index (χ0) is 15.6. The predicted octanol–water partition coefficient (Wildman–Crippen LogP) is 2.13. The Labute approximate surface area is 126 Å². The highest BCUT2D eigenvalue weighted by Gasteiger charge is 2.37. The van der Waals surface area contributed by atoms with Crippen molar-refractivity contribution < 1.29 is 14.5 Å². The minimum absolute atomic E-state index is 0.000207. The van der Waals surface area contributed by atoms with Gasteiger partial charge in [0.25, 0.3) is 11.6 Å². The first-order valence-electron chi connectivity index (χ1n) is 6.45. The molecule has 0 spiro atoms. The van der Waals surface area contributed by atoms with Crippen molar-refractivity contribution in [2.24, 2.45) is 0 Å². The summed E-state index contributed by atoms with van der Waals surface area (Å²) >= 11 is 5.83. The molecule has 0 heterocycles. The molecule has 1 aromatic rings. The molecule has 1 fully saturated rings. The molecule has 8 heteroatoms. The van der Waals surface area contributed by atoms with Gasteiger partial charge in [0, 0.05) is 25.8 Å². The molecular formula is C13H16ClN3O4. The van der Waals surface area contributed by atoms with Crippen LogP contribution in [0.15, 0.2) is 12.1 Å². The molecule has 0 bridgehead atoms. The van der Waals surface area contributed by atoms with Gasteiger partial charge in [-0.3, -0.25) is 14.9 Å². The van der Waals surface area contributed by atoms with E-state index in [0.717, 1.165) is 31.4 Å². The number of benzene rings is 1. The van der Waals surface area contributed by atoms with E-state index in [1.165, 1.54) is 0 Å². The van der Waals surface area contributed by atoms with Crippen molar-refractivity contribution in [3.05, 3.63) is 32.8 Å². The zero-order valence-electron chi connectivity index (χ0n) is 11.5. The second kappa shape index (κ2) is 5.87. The average Bonchev–Trinajstić information content (AvgIpc) is 2.40. The Kier molecular flexibility index (Phi) is 4.34. The van der Waals surface area contributed by atoms with Crippen LogP contribution in [-0.4, -0.2) is 30.1 Å². The van der Waals surface area contributed by atoms with E-state index in [4.69, 9.17) is 22.1 Å². The second-order valence-corrected chi connectivity index (χ2v) is 5.48. The molecule has 0 aromatic heterocycles. The number of halogens is 1. The SMILES string of the molecule is COC1(CNC(=O)c2cc([N+](=O)[O-])cc(Cl)c2N)CCC1. The first-order chi connectivity index (χ1) is 9.88. The van der Waals surface area contributed by atoms with Crippen molar-refractivity contribution in [2.45, 2.75) is 24.9 Å². The molecule has 114 valence electrons. The minimum Gasteiger partial charge on any atom is -0.397 e. The number of nitrogen functional groups attached to an aromatic ring is 1. The van der Waals surface area contributed by atoms with Gasteiger partial charge in [-0.15, -0.1) is 0 Å². The highest BCUT2D eigenvalue weighted by Crippen LogP contribution is 2.34. The van der Waals surface area contributed by atoms with E-state index in [1.54, 1.807) is 7.11 Å². The molecule has 0 aliphatic heterocycles. The number of carbonyl (C=O) groups excluding carboxylic acids is 1. The largest absolute Gasteiger partial charge is 0.397 e. The van der Waals surface area contributed by atoms with Gasteiger partial charge in [0.1, 0.15) is 0 Å². The molecule has 3 N–H and O–H groups in total. The van der Waals surface area contributed by atoms with Gasteiger partial charge in [-0.05, 0) is 19.3 Å². The fourth-order valence-electron chi connectivity index (χ4n) is 2.26. The fraction of sp³-hybridized carbons (Fsp3) is 0.462. The van der Waals surface area contributed by atoms with Gasteiger partial charge >= 0.3 is 0 Å². The Bertz CT molecular complexity index is 582. The fourth-order valence-corrected chi connectivity index (χ4v) is 2.47. The van der Waals surface area contributed by atoms with Crippen molar-refractivity contribution in [3.63, 3.8) is 0 Å². The van der Waals surface area contributed by atoms with Gasteiger partial charge in [0.2, 0.25) is 0 Å². The maximum Gasteiger partial charge on any atom is 0.271 e. The Morgan fingerprint density at radius 2 is 2.24 bits per heavy atom. The summed E-state index contributed by atoms with van der Waals surface area (Å²) in [6.45, 7) is 0.335. The normalized spacial score (nSPS) is 16.1. The molecule has 21 heavy (non-hydrogen) atoms. The van der Waals surface area contributed by atoms with Gasteiger partial charge in [-0.1, -0.05) is 11.6 Å². The molecule has 0 radical (unpaired) electrons. The number of nitro groups is 1. The predicted molar refractivity (Wildman–Crippen MR) is 78.4 cm³/mol. The molecule has 0 atom stereocenters. The number of nitrogens with zero attached hydrogens (tertiary/aromatic N) is 1. The van der Waals surface area contributed by atoms with E-state index in [9.17, 15) is 14.9 Å². The monoisotopic (exact) mass is 313 g/mol. The smallest absolute Gasteiger partial charge is 0.271 e. The second-order valence-electron chi connectivity index (χ2n) is 5.07. The van der Waals surface area contributed by atoms with E-state index in [1.807, 2.05) is 0 Å². The zero-order valence-corrected chi connectivity index (χ0v) is 12.3. The van der Waals surface area contributed by atoms with Crippen LogP contribution in [0.3, 0.4) is 0 Å². The number of nitro benzene ring substituents is 1. The lowest BCUT2D eigenvalue weighted by Gasteiger charge is -2.40. The van der Waals surface area contributed by atoms with Crippen LogP contribution in [0.1, 0.15) is 29.6 Å². The molecule has 0 saturated heterocycles. The lowest BCUT2D eigenvalue weighted by atomic mass is 9.80. The molecule has 1 aliphatic carbocycles. The highest BCUT2D eigenvalue weighted by atomic mass is 35.5. The van der Waals surface area contributed by atoms with Crippen LogP contribution in [-0.2, 0) is 4.74 Å². The molecule has 2 rings (SSSR count). The van der Waals surface area contributed by atoms with Crippen molar-refractivity contribution in [1.29, 1.82) is 0 Å². The summed E-state index contributed by atoms with van der Waals surface area (Å²) in [4.78, 5) is 22.4. The third kappa shape index (κ3) is 3.08. The third-order valence-corrected chi connectivity index (χ3v) is 4.15. The van der Waals surface area contributed by atoms with Crippen LogP contribution in [0.5, 0.6) is 0 Å². The Hall–Kier alpha value is -1.86. The molecule has 1 saturated carbocycles. The van der Waals surface area contributed by atoms with E-state index in [0.29, 0.717) is 6.54 Å². The summed E-state index contributed by atoms with van der Waals surface area (Å²) in [5.74, 6) is -0.499. The van der Waals surface area contributed by atoms with Crippen molar-refractivity contribution in [1.82, 2.24) is 5.32 Å². The van der Waals surface area contributed by atoms with Crippen LogP contribution >= 0.6 is 11.6 Å². The molecule has 1 aromatic carbocycles. The summed E-state index contributed by atoms with van der Waals surface area (Å²) in [5, 5.41) is 13.5. The Morgan fingerprint density at radius 3 is 2.71 bits per heavy atom. The van der Waals surface area contributed by atoms with Crippen LogP contribution in [0.2, 0.25) is 5.02 Å². The van der Waals surface area contributed by atoms with Crippen LogP contribution in [0.25, 0.3) is 0 Å². The van der Waals surface area contributed by atoms with E-state index in [-0.39, 0.29) is 27.6 Å². The van der Waals surface area contributed by atoms with Crippen LogP contribution in [0, 0.1) is 10.1 Å². The number of anilines is 1. The summed E-state index contributed by atoms with van der Waals surface area (Å²) in [5.41, 5.74) is 5.14. The Morgan fingerprint density at radius 1 is 1.57 bits per heavy atom. The number of ether oxygens (including phenoxy) is 1. The number of hydrogen-bond donors (Lipinski definition) is 2. The molecule has 1 amide bonds. The van der Waals surface area contributed by atoms with Crippen LogP contribution in [0.4, 0.5) is 11.4 Å². The Balaban J connectivity index is 2.17. The van der Waals surface area contributed by atoms with Crippen molar-refractivity contribution in [3.8, 4) is 0 Å². The number of nitrogens with two attached hydrogens (primary N) is 1. The number of amides is 1. The first kappa shape index (κ1) is 15.5. The van der Waals surface area contributed by atoms with Crippen LogP contribution < -0.4 is 11.1 Å². The maximum absolute atomic E-state index is 12.2. The quantitative estimate of drug-likeness (QED) is 0.492. The number of non-ortho nitro benzene ring substituents is 1. The number of nitrogens with one attached hydrogen (secondary N) is 1. The van der Waals surface area contributed by atoms with Gasteiger partial charge in [-0.2, -0.15) is 0 Å². The lowest BCUT2D eigenvalue weighted by Crippen LogP contribution is -2.49.